The number of carbonyl (C=O) groups excluding carboxylic acids is 1. The molecule has 0 bridgehead atoms. The number of carbonyl (C=O) groups is 1. The van der Waals surface area contributed by atoms with Gasteiger partial charge in [0.15, 0.2) is 10.9 Å². The van der Waals surface area contributed by atoms with Crippen LogP contribution >= 0.6 is 23.1 Å². The Kier molecular flexibility index (Phi) is 6.01. The van der Waals surface area contributed by atoms with Crippen LogP contribution in [0.15, 0.2) is 69.9 Å². The van der Waals surface area contributed by atoms with E-state index in [0.717, 1.165) is 10.4 Å². The topological polar surface area (TPSA) is 61.2 Å². The number of ether oxygens (including phenoxy) is 1. The first-order valence-corrected chi connectivity index (χ1v) is 11.3. The predicted molar refractivity (Wildman–Crippen MR) is 122 cm³/mol. The smallest absolute Gasteiger partial charge is 0.262 e. The molecule has 2 aromatic carbocycles. The summed E-state index contributed by atoms with van der Waals surface area (Å²) in [5, 5.41) is 3.25. The highest BCUT2D eigenvalue weighted by Crippen LogP contribution is 2.29. The molecule has 0 fully saturated rings. The summed E-state index contributed by atoms with van der Waals surface area (Å²) in [6, 6.07) is 16.8. The number of ketones is 1. The fourth-order valence-corrected chi connectivity index (χ4v) is 4.88. The summed E-state index contributed by atoms with van der Waals surface area (Å²) in [7, 11) is 1.61. The molecule has 0 N–H and O–H groups in total. The van der Waals surface area contributed by atoms with Crippen LogP contribution in [0.1, 0.15) is 27.7 Å². The molecular weight excluding hydrogens is 416 g/mol. The SMILES string of the molecule is COc1ccc(C(C)=O)cc1CSc1nc2ccccc2c(=O)n1Cc1cccs1. The number of Topliss-reactive ketones (excluding diaryl/α,β-unsaturated/α-hetero) is 1. The molecule has 4 aromatic rings. The maximum atomic E-state index is 13.2. The molecule has 0 radical (unpaired) electrons. The van der Waals surface area contributed by atoms with E-state index in [0.29, 0.717) is 39.7 Å². The molecule has 0 spiro atoms. The van der Waals surface area contributed by atoms with Gasteiger partial charge >= 0.3 is 0 Å². The Morgan fingerprint density at radius 2 is 2.00 bits per heavy atom. The number of hydrogen-bond acceptors (Lipinski definition) is 6. The van der Waals surface area contributed by atoms with Crippen LogP contribution in [0.5, 0.6) is 5.75 Å². The standard InChI is InChI=1S/C23H20N2O3S2/c1-15(26)16-9-10-21(28-2)17(12-16)14-30-23-24-20-8-4-3-7-19(20)22(27)25(23)13-18-6-5-11-29-18/h3-12H,13-14H2,1-2H3. The molecular formula is C23H20N2O3S2. The van der Waals surface area contributed by atoms with Gasteiger partial charge in [0, 0.05) is 21.8 Å². The van der Waals surface area contributed by atoms with Crippen molar-refractivity contribution in [1.29, 1.82) is 0 Å². The number of aromatic nitrogens is 2. The molecule has 30 heavy (non-hydrogen) atoms. The molecule has 0 aliphatic heterocycles. The second-order valence-electron chi connectivity index (χ2n) is 6.75. The summed E-state index contributed by atoms with van der Waals surface area (Å²) in [4.78, 5) is 30.8. The number of methoxy groups -OCH3 is 1. The van der Waals surface area contributed by atoms with E-state index in [1.807, 2.05) is 47.8 Å². The highest BCUT2D eigenvalue weighted by Gasteiger charge is 2.14. The Balaban J connectivity index is 1.74. The molecule has 5 nitrogen and oxygen atoms in total. The number of thioether (sulfide) groups is 1. The number of benzene rings is 2. The van der Waals surface area contributed by atoms with E-state index in [1.165, 1.54) is 11.8 Å². The lowest BCUT2D eigenvalue weighted by atomic mass is 10.1. The Labute approximate surface area is 182 Å². The monoisotopic (exact) mass is 436 g/mol. The van der Waals surface area contributed by atoms with Gasteiger partial charge in [-0.15, -0.1) is 11.3 Å². The minimum absolute atomic E-state index is 0.00216. The van der Waals surface area contributed by atoms with Crippen LogP contribution in [0, 0.1) is 0 Å². The molecule has 0 unspecified atom stereocenters. The van der Waals surface area contributed by atoms with Gasteiger partial charge in [-0.3, -0.25) is 14.2 Å². The van der Waals surface area contributed by atoms with E-state index in [1.54, 1.807) is 42.1 Å². The summed E-state index contributed by atoms with van der Waals surface area (Å²) in [6.45, 7) is 2.02. The first-order chi connectivity index (χ1) is 14.6. The number of hydrogen-bond donors (Lipinski definition) is 0. The van der Waals surface area contributed by atoms with Gasteiger partial charge in [-0.2, -0.15) is 0 Å². The maximum Gasteiger partial charge on any atom is 0.262 e. The lowest BCUT2D eigenvalue weighted by Crippen LogP contribution is -2.23. The summed E-state index contributed by atoms with van der Waals surface area (Å²) >= 11 is 3.08. The van der Waals surface area contributed by atoms with Gasteiger partial charge in [0.05, 0.1) is 24.6 Å². The van der Waals surface area contributed by atoms with E-state index in [9.17, 15) is 9.59 Å². The zero-order chi connectivity index (χ0) is 21.1. The van der Waals surface area contributed by atoms with E-state index >= 15 is 0 Å². The number of para-hydroxylation sites is 1. The fourth-order valence-electron chi connectivity index (χ4n) is 3.21. The molecule has 152 valence electrons. The maximum absolute atomic E-state index is 13.2. The quantitative estimate of drug-likeness (QED) is 0.232. The van der Waals surface area contributed by atoms with Crippen molar-refractivity contribution in [1.82, 2.24) is 9.55 Å². The highest BCUT2D eigenvalue weighted by atomic mass is 32.2. The van der Waals surface area contributed by atoms with E-state index in [4.69, 9.17) is 9.72 Å². The summed E-state index contributed by atoms with van der Waals surface area (Å²) in [5.41, 5.74) is 2.15. The minimum Gasteiger partial charge on any atom is -0.496 e. The second kappa shape index (κ2) is 8.85. The van der Waals surface area contributed by atoms with E-state index < -0.39 is 0 Å². The predicted octanol–water partition coefficient (Wildman–Crippen LogP) is 5.01. The van der Waals surface area contributed by atoms with Gasteiger partial charge in [0.1, 0.15) is 5.75 Å². The average Bonchev–Trinajstić information content (AvgIpc) is 3.27. The molecule has 0 aliphatic carbocycles. The largest absolute Gasteiger partial charge is 0.496 e. The van der Waals surface area contributed by atoms with Crippen LogP contribution in [-0.2, 0) is 12.3 Å². The Hall–Kier alpha value is -2.90. The van der Waals surface area contributed by atoms with Crippen LogP contribution in [-0.4, -0.2) is 22.4 Å². The van der Waals surface area contributed by atoms with E-state index in [-0.39, 0.29) is 11.3 Å². The van der Waals surface area contributed by atoms with Crippen molar-refractivity contribution >= 4 is 39.8 Å². The first kappa shape index (κ1) is 20.4. The number of nitrogens with zero attached hydrogens (tertiary/aromatic N) is 2. The van der Waals surface area contributed by atoms with Gasteiger partial charge < -0.3 is 4.74 Å². The minimum atomic E-state index is -0.0547. The van der Waals surface area contributed by atoms with Crippen molar-refractivity contribution in [2.24, 2.45) is 0 Å². The van der Waals surface area contributed by atoms with E-state index in [2.05, 4.69) is 0 Å². The van der Waals surface area contributed by atoms with Crippen molar-refractivity contribution in [3.05, 3.63) is 86.3 Å². The zero-order valence-electron chi connectivity index (χ0n) is 16.6. The zero-order valence-corrected chi connectivity index (χ0v) is 18.3. The third-order valence-electron chi connectivity index (χ3n) is 4.76. The highest BCUT2D eigenvalue weighted by molar-refractivity contribution is 7.98. The molecule has 0 saturated heterocycles. The van der Waals surface area contributed by atoms with Crippen molar-refractivity contribution < 1.29 is 9.53 Å². The Morgan fingerprint density at radius 3 is 2.73 bits per heavy atom. The van der Waals surface area contributed by atoms with Gasteiger partial charge in [0.2, 0.25) is 0 Å². The van der Waals surface area contributed by atoms with Gasteiger partial charge in [0.25, 0.3) is 5.56 Å². The second-order valence-corrected chi connectivity index (χ2v) is 8.73. The van der Waals surface area contributed by atoms with Gasteiger partial charge in [-0.25, -0.2) is 4.98 Å². The number of rotatable bonds is 7. The molecule has 7 heteroatoms. The fraction of sp³-hybridized carbons (Fsp3) is 0.174. The van der Waals surface area contributed by atoms with Crippen LogP contribution in [0.4, 0.5) is 0 Å². The average molecular weight is 437 g/mol. The Bertz CT molecular complexity index is 1260. The lowest BCUT2D eigenvalue weighted by molar-refractivity contribution is 0.101. The summed E-state index contributed by atoms with van der Waals surface area (Å²) in [6.07, 6.45) is 0. The van der Waals surface area contributed by atoms with Crippen molar-refractivity contribution in [3.8, 4) is 5.75 Å². The normalized spacial score (nSPS) is 11.0. The number of thiophene rings is 1. The van der Waals surface area contributed by atoms with Gasteiger partial charge in [-0.05, 0) is 48.7 Å². The molecule has 0 atom stereocenters. The first-order valence-electron chi connectivity index (χ1n) is 9.39. The molecule has 0 aliphatic rings. The lowest BCUT2D eigenvalue weighted by Gasteiger charge is -2.14. The Morgan fingerprint density at radius 1 is 1.17 bits per heavy atom. The van der Waals surface area contributed by atoms with Crippen molar-refractivity contribution in [2.45, 2.75) is 24.4 Å². The van der Waals surface area contributed by atoms with Crippen LogP contribution in [0.2, 0.25) is 0 Å². The van der Waals surface area contributed by atoms with Crippen LogP contribution in [0.25, 0.3) is 10.9 Å². The van der Waals surface area contributed by atoms with Crippen molar-refractivity contribution in [2.75, 3.05) is 7.11 Å². The molecule has 4 rings (SSSR count). The molecule has 0 amide bonds. The van der Waals surface area contributed by atoms with Crippen molar-refractivity contribution in [3.63, 3.8) is 0 Å². The molecule has 2 heterocycles. The van der Waals surface area contributed by atoms with Crippen LogP contribution < -0.4 is 10.3 Å². The number of fused-ring (bicyclic) bond motifs is 1. The molecule has 0 saturated carbocycles. The summed E-state index contributed by atoms with van der Waals surface area (Å²) in [5.74, 6) is 1.24. The summed E-state index contributed by atoms with van der Waals surface area (Å²) < 4.78 is 7.19. The third kappa shape index (κ3) is 4.17. The van der Waals surface area contributed by atoms with Crippen LogP contribution in [0.3, 0.4) is 0 Å². The third-order valence-corrected chi connectivity index (χ3v) is 6.65. The molecule has 2 aromatic heterocycles. The van der Waals surface area contributed by atoms with Gasteiger partial charge in [-0.1, -0.05) is 30.0 Å².